The fourth-order valence-electron chi connectivity index (χ4n) is 4.89. The molecule has 1 aliphatic carbocycles. The van der Waals surface area contributed by atoms with E-state index in [1.807, 2.05) is 29.2 Å². The second-order valence-electron chi connectivity index (χ2n) is 8.84. The number of fused-ring (bicyclic) bond motifs is 2. The van der Waals surface area contributed by atoms with Crippen LogP contribution in [0.5, 0.6) is 11.5 Å². The summed E-state index contributed by atoms with van der Waals surface area (Å²) in [7, 11) is 1.59. The van der Waals surface area contributed by atoms with Crippen molar-refractivity contribution in [2.24, 2.45) is 0 Å². The first-order valence-electron chi connectivity index (χ1n) is 11.7. The van der Waals surface area contributed by atoms with Crippen LogP contribution < -0.4 is 14.8 Å². The number of nitrogens with one attached hydrogen (secondary N) is 1. The lowest BCUT2D eigenvalue weighted by Crippen LogP contribution is -2.41. The van der Waals surface area contributed by atoms with Gasteiger partial charge in [0.1, 0.15) is 11.5 Å². The van der Waals surface area contributed by atoms with E-state index < -0.39 is 6.10 Å². The summed E-state index contributed by atoms with van der Waals surface area (Å²) in [4.78, 5) is 28.0. The van der Waals surface area contributed by atoms with E-state index in [-0.39, 0.29) is 17.9 Å². The number of carbonyl (C=O) groups excluding carboxylic acids is 2. The van der Waals surface area contributed by atoms with Crippen LogP contribution in [0.15, 0.2) is 66.7 Å². The molecule has 0 saturated heterocycles. The molecule has 0 radical (unpaired) electrons. The third kappa shape index (κ3) is 4.23. The SMILES string of the molecule is COc1ccc(C(=O)Nc2ccc3c(c2)CN([C@H]2CCCc4ccccc42)C(=O)[C@@H](C)O3)cc1. The quantitative estimate of drug-likeness (QED) is 0.591. The maximum Gasteiger partial charge on any atom is 0.264 e. The van der Waals surface area contributed by atoms with E-state index >= 15 is 0 Å². The number of carbonyl (C=O) groups is 2. The third-order valence-corrected chi connectivity index (χ3v) is 6.66. The van der Waals surface area contributed by atoms with Crippen LogP contribution in [0.3, 0.4) is 0 Å². The minimum atomic E-state index is -0.574. The predicted octanol–water partition coefficient (Wildman–Crippen LogP) is 5.13. The highest BCUT2D eigenvalue weighted by molar-refractivity contribution is 6.04. The molecule has 6 nitrogen and oxygen atoms in total. The van der Waals surface area contributed by atoms with Crippen molar-refractivity contribution in [1.82, 2.24) is 4.90 Å². The van der Waals surface area contributed by atoms with Crippen LogP contribution in [0.4, 0.5) is 5.69 Å². The normalized spacial score (nSPS) is 19.4. The summed E-state index contributed by atoms with van der Waals surface area (Å²) in [6.07, 6.45) is 2.44. The second-order valence-corrected chi connectivity index (χ2v) is 8.84. The maximum atomic E-state index is 13.3. The first-order chi connectivity index (χ1) is 16.5. The Morgan fingerprint density at radius 2 is 1.85 bits per heavy atom. The van der Waals surface area contributed by atoms with Gasteiger partial charge in [0.25, 0.3) is 11.8 Å². The number of ether oxygens (including phenoxy) is 2. The van der Waals surface area contributed by atoms with Crippen LogP contribution in [0.1, 0.15) is 52.9 Å². The minimum Gasteiger partial charge on any atom is -0.497 e. The highest BCUT2D eigenvalue weighted by Gasteiger charge is 2.35. The number of aryl methyl sites for hydroxylation is 1. The molecule has 174 valence electrons. The van der Waals surface area contributed by atoms with E-state index in [9.17, 15) is 9.59 Å². The molecular formula is C28H28N2O4. The molecule has 5 rings (SSSR count). The molecule has 6 heteroatoms. The van der Waals surface area contributed by atoms with E-state index in [1.54, 1.807) is 38.3 Å². The first-order valence-corrected chi connectivity index (χ1v) is 11.7. The molecule has 3 aromatic rings. The average molecular weight is 457 g/mol. The fourth-order valence-corrected chi connectivity index (χ4v) is 4.89. The zero-order valence-corrected chi connectivity index (χ0v) is 19.4. The van der Waals surface area contributed by atoms with Gasteiger partial charge in [-0.05, 0) is 79.8 Å². The summed E-state index contributed by atoms with van der Waals surface area (Å²) < 4.78 is 11.2. The molecule has 0 aromatic heterocycles. The summed E-state index contributed by atoms with van der Waals surface area (Å²) in [6.45, 7) is 2.24. The molecule has 3 aromatic carbocycles. The number of hydrogen-bond acceptors (Lipinski definition) is 4. The van der Waals surface area contributed by atoms with Crippen molar-refractivity contribution in [3.8, 4) is 11.5 Å². The number of hydrogen-bond donors (Lipinski definition) is 1. The van der Waals surface area contributed by atoms with Crippen LogP contribution in [-0.4, -0.2) is 29.9 Å². The topological polar surface area (TPSA) is 67.9 Å². The zero-order valence-electron chi connectivity index (χ0n) is 19.4. The largest absolute Gasteiger partial charge is 0.497 e. The van der Waals surface area contributed by atoms with Gasteiger partial charge in [-0.1, -0.05) is 24.3 Å². The van der Waals surface area contributed by atoms with E-state index in [1.165, 1.54) is 11.1 Å². The van der Waals surface area contributed by atoms with Gasteiger partial charge in [0.05, 0.1) is 19.7 Å². The zero-order chi connectivity index (χ0) is 23.7. The van der Waals surface area contributed by atoms with Crippen LogP contribution in [0.25, 0.3) is 0 Å². The minimum absolute atomic E-state index is 0.0123. The Morgan fingerprint density at radius 3 is 2.65 bits per heavy atom. The van der Waals surface area contributed by atoms with Crippen LogP contribution in [0, 0.1) is 0 Å². The molecule has 0 bridgehead atoms. The Bertz CT molecular complexity index is 1220. The molecular weight excluding hydrogens is 428 g/mol. The van der Waals surface area contributed by atoms with Crippen molar-refractivity contribution in [1.29, 1.82) is 0 Å². The van der Waals surface area contributed by atoms with Crippen molar-refractivity contribution in [2.75, 3.05) is 12.4 Å². The standard InChI is InChI=1S/C28H28N2O4/c1-18-28(32)30(25-9-5-7-19-6-3-4-8-24(19)25)17-21-16-22(12-15-26(21)34-18)29-27(31)20-10-13-23(33-2)14-11-20/h3-4,6,8,10-16,18,25H,5,7,9,17H2,1-2H3,(H,29,31)/t18-,25+/m1/s1. The van der Waals surface area contributed by atoms with Gasteiger partial charge in [0.2, 0.25) is 0 Å². The van der Waals surface area contributed by atoms with E-state index in [4.69, 9.17) is 9.47 Å². The average Bonchev–Trinajstić information content (AvgIpc) is 2.99. The molecule has 34 heavy (non-hydrogen) atoms. The van der Waals surface area contributed by atoms with Gasteiger partial charge >= 0.3 is 0 Å². The van der Waals surface area contributed by atoms with Gasteiger partial charge in [-0.15, -0.1) is 0 Å². The van der Waals surface area contributed by atoms with Gasteiger partial charge in [-0.3, -0.25) is 9.59 Å². The highest BCUT2D eigenvalue weighted by Crippen LogP contribution is 2.38. The monoisotopic (exact) mass is 456 g/mol. The summed E-state index contributed by atoms with van der Waals surface area (Å²) in [5.74, 6) is 1.15. The molecule has 0 unspecified atom stereocenters. The van der Waals surface area contributed by atoms with Gasteiger partial charge in [-0.25, -0.2) is 0 Å². The fraction of sp³-hybridized carbons (Fsp3) is 0.286. The number of amides is 2. The lowest BCUT2D eigenvalue weighted by molar-refractivity contribution is -0.140. The Kier molecular flexibility index (Phi) is 5.97. The molecule has 1 aliphatic heterocycles. The Balaban J connectivity index is 1.42. The second kappa shape index (κ2) is 9.21. The van der Waals surface area contributed by atoms with Gasteiger partial charge in [0.15, 0.2) is 6.10 Å². The summed E-state index contributed by atoms with van der Waals surface area (Å²) >= 11 is 0. The number of benzene rings is 3. The van der Waals surface area contributed by atoms with Crippen molar-refractivity contribution in [3.05, 3.63) is 89.0 Å². The van der Waals surface area contributed by atoms with Gasteiger partial charge < -0.3 is 19.7 Å². The smallest absolute Gasteiger partial charge is 0.264 e. The molecule has 1 N–H and O–H groups in total. The molecule has 2 aliphatic rings. The number of methoxy groups -OCH3 is 1. The van der Waals surface area contributed by atoms with E-state index in [0.717, 1.165) is 24.8 Å². The molecule has 1 heterocycles. The third-order valence-electron chi connectivity index (χ3n) is 6.66. The highest BCUT2D eigenvalue weighted by atomic mass is 16.5. The number of rotatable bonds is 4. The van der Waals surface area contributed by atoms with Crippen molar-refractivity contribution in [2.45, 2.75) is 44.9 Å². The van der Waals surface area contributed by atoms with Gasteiger partial charge in [-0.2, -0.15) is 0 Å². The first kappa shape index (κ1) is 22.0. The lowest BCUT2D eigenvalue weighted by atomic mass is 9.86. The Hall–Kier alpha value is -3.80. The Labute approximate surface area is 199 Å². The summed E-state index contributed by atoms with van der Waals surface area (Å²) in [5.41, 5.74) is 4.62. The molecule has 0 spiro atoms. The van der Waals surface area contributed by atoms with Gasteiger partial charge in [0, 0.05) is 16.8 Å². The molecule has 2 amide bonds. The van der Waals surface area contributed by atoms with Crippen LogP contribution in [-0.2, 0) is 17.8 Å². The summed E-state index contributed by atoms with van der Waals surface area (Å²) in [5, 5.41) is 2.96. The van der Waals surface area contributed by atoms with E-state index in [2.05, 4.69) is 23.5 Å². The molecule has 2 atom stereocenters. The number of anilines is 1. The van der Waals surface area contributed by atoms with Crippen LogP contribution in [0.2, 0.25) is 0 Å². The predicted molar refractivity (Wildman–Crippen MR) is 130 cm³/mol. The lowest BCUT2D eigenvalue weighted by Gasteiger charge is -2.35. The van der Waals surface area contributed by atoms with Crippen LogP contribution >= 0.6 is 0 Å². The summed E-state index contributed by atoms with van der Waals surface area (Å²) in [6, 6.07) is 20.9. The van der Waals surface area contributed by atoms with Crippen molar-refractivity contribution >= 4 is 17.5 Å². The molecule has 0 fully saturated rings. The van der Waals surface area contributed by atoms with E-state index in [0.29, 0.717) is 29.3 Å². The van der Waals surface area contributed by atoms with Crippen molar-refractivity contribution < 1.29 is 19.1 Å². The Morgan fingerprint density at radius 1 is 1.06 bits per heavy atom. The van der Waals surface area contributed by atoms with Crippen molar-refractivity contribution in [3.63, 3.8) is 0 Å². The maximum absolute atomic E-state index is 13.3. The number of nitrogens with zero attached hydrogens (tertiary/aromatic N) is 1. The molecule has 0 saturated carbocycles.